The van der Waals surface area contributed by atoms with E-state index in [2.05, 4.69) is 21.2 Å². The van der Waals surface area contributed by atoms with Gasteiger partial charge in [0.25, 0.3) is 0 Å². The number of ether oxygens (including phenoxy) is 2. The van der Waals surface area contributed by atoms with Crippen LogP contribution < -0.4 is 5.32 Å². The number of esters is 2. The van der Waals surface area contributed by atoms with Crippen molar-refractivity contribution in [1.82, 2.24) is 15.1 Å². The van der Waals surface area contributed by atoms with Crippen LogP contribution in [0.3, 0.4) is 0 Å². The first-order chi connectivity index (χ1) is 17.3. The maximum absolute atomic E-state index is 13.3. The molecule has 0 spiro atoms. The normalized spacial score (nSPS) is 14.0. The Bertz CT molecular complexity index is 1300. The quantitative estimate of drug-likeness (QED) is 0.383. The van der Waals surface area contributed by atoms with E-state index in [1.807, 2.05) is 74.6 Å². The molecule has 0 saturated heterocycles. The molecule has 36 heavy (non-hydrogen) atoms. The molecular formula is C28H28BrN3O4. The molecule has 0 radical (unpaired) electrons. The Kier molecular flexibility index (Phi) is 7.74. The summed E-state index contributed by atoms with van der Waals surface area (Å²) in [6.45, 7) is 7.56. The highest BCUT2D eigenvalue weighted by Crippen LogP contribution is 2.43. The molecule has 0 bridgehead atoms. The highest BCUT2D eigenvalue weighted by Gasteiger charge is 2.40. The van der Waals surface area contributed by atoms with Crippen LogP contribution in [0.4, 0.5) is 0 Å². The number of nitrogens with one attached hydrogen (secondary N) is 1. The van der Waals surface area contributed by atoms with Crippen LogP contribution in [-0.2, 0) is 19.1 Å². The number of aromatic nitrogens is 2. The molecule has 1 aromatic heterocycles. The van der Waals surface area contributed by atoms with Gasteiger partial charge in [0.15, 0.2) is 0 Å². The molecule has 0 saturated carbocycles. The largest absolute Gasteiger partial charge is 0.463 e. The van der Waals surface area contributed by atoms with Crippen molar-refractivity contribution in [3.63, 3.8) is 0 Å². The lowest BCUT2D eigenvalue weighted by atomic mass is 9.79. The molecule has 3 aromatic rings. The molecule has 4 rings (SSSR count). The number of carbonyl (C=O) groups excluding carboxylic acids is 2. The molecular weight excluding hydrogens is 522 g/mol. The van der Waals surface area contributed by atoms with Crippen molar-refractivity contribution in [3.8, 4) is 16.9 Å². The molecule has 8 heteroatoms. The first kappa shape index (κ1) is 25.4. The number of allylic oxidation sites excluding steroid dienone is 2. The average Bonchev–Trinajstić information content (AvgIpc) is 3.30. The number of carbonyl (C=O) groups is 2. The Morgan fingerprint density at radius 3 is 2.00 bits per heavy atom. The Labute approximate surface area is 218 Å². The lowest BCUT2D eigenvalue weighted by Crippen LogP contribution is -2.32. The molecule has 2 aromatic carbocycles. The summed E-state index contributed by atoms with van der Waals surface area (Å²) in [5, 5.41) is 8.10. The molecule has 1 N–H and O–H groups in total. The average molecular weight is 550 g/mol. The third kappa shape index (κ3) is 4.99. The number of rotatable bonds is 7. The second-order valence-corrected chi connectivity index (χ2v) is 9.21. The van der Waals surface area contributed by atoms with E-state index in [9.17, 15) is 9.59 Å². The summed E-state index contributed by atoms with van der Waals surface area (Å²) in [5.74, 6) is -1.72. The van der Waals surface area contributed by atoms with Crippen molar-refractivity contribution in [2.75, 3.05) is 13.2 Å². The minimum atomic E-state index is -0.736. The third-order valence-electron chi connectivity index (χ3n) is 5.94. The van der Waals surface area contributed by atoms with Crippen LogP contribution in [0.5, 0.6) is 0 Å². The summed E-state index contributed by atoms with van der Waals surface area (Å²) < 4.78 is 13.6. The van der Waals surface area contributed by atoms with Crippen molar-refractivity contribution < 1.29 is 19.1 Å². The van der Waals surface area contributed by atoms with E-state index < -0.39 is 17.9 Å². The van der Waals surface area contributed by atoms with Gasteiger partial charge >= 0.3 is 11.9 Å². The molecule has 0 unspecified atom stereocenters. The van der Waals surface area contributed by atoms with Crippen molar-refractivity contribution >= 4 is 27.9 Å². The van der Waals surface area contributed by atoms with Crippen LogP contribution in [-0.4, -0.2) is 34.9 Å². The van der Waals surface area contributed by atoms with E-state index in [0.29, 0.717) is 33.8 Å². The van der Waals surface area contributed by atoms with E-state index in [0.717, 1.165) is 15.7 Å². The number of nitrogens with zero attached hydrogens (tertiary/aromatic N) is 2. The van der Waals surface area contributed by atoms with Crippen molar-refractivity contribution in [1.29, 1.82) is 0 Å². The van der Waals surface area contributed by atoms with Gasteiger partial charge in [-0.1, -0.05) is 46.3 Å². The van der Waals surface area contributed by atoms with Gasteiger partial charge in [-0.25, -0.2) is 14.3 Å². The van der Waals surface area contributed by atoms with Gasteiger partial charge < -0.3 is 14.8 Å². The van der Waals surface area contributed by atoms with Crippen LogP contribution in [0.2, 0.25) is 0 Å². The predicted molar refractivity (Wildman–Crippen MR) is 141 cm³/mol. The van der Waals surface area contributed by atoms with Gasteiger partial charge in [0.1, 0.15) is 0 Å². The highest BCUT2D eigenvalue weighted by atomic mass is 79.9. The number of benzene rings is 2. The molecule has 1 aliphatic rings. The molecule has 0 aliphatic carbocycles. The van der Waals surface area contributed by atoms with Crippen LogP contribution in [0, 0.1) is 0 Å². The second-order valence-electron chi connectivity index (χ2n) is 8.30. The summed E-state index contributed by atoms with van der Waals surface area (Å²) in [4.78, 5) is 26.5. The zero-order valence-electron chi connectivity index (χ0n) is 20.7. The van der Waals surface area contributed by atoms with Gasteiger partial charge in [-0.2, -0.15) is 5.10 Å². The topological polar surface area (TPSA) is 82.5 Å². The number of para-hydroxylation sites is 1. The van der Waals surface area contributed by atoms with E-state index >= 15 is 0 Å². The second kappa shape index (κ2) is 11.0. The van der Waals surface area contributed by atoms with Crippen molar-refractivity contribution in [3.05, 3.63) is 93.4 Å². The monoisotopic (exact) mass is 549 g/mol. The molecule has 1 aliphatic heterocycles. The SMILES string of the molecule is CCOC(=O)C1=C(C)NC(C)=C(C(=O)OCC)C1c1cn(-c2ccccc2)nc1-c1ccc(Br)cc1. The molecule has 0 amide bonds. The predicted octanol–water partition coefficient (Wildman–Crippen LogP) is 5.66. The smallest absolute Gasteiger partial charge is 0.336 e. The molecule has 7 nitrogen and oxygen atoms in total. The first-order valence-electron chi connectivity index (χ1n) is 11.8. The fraction of sp³-hybridized carbons (Fsp3) is 0.250. The lowest BCUT2D eigenvalue weighted by Gasteiger charge is -2.30. The van der Waals surface area contributed by atoms with Gasteiger partial charge in [-0.3, -0.25) is 0 Å². The summed E-state index contributed by atoms with van der Waals surface area (Å²) in [6.07, 6.45) is 1.88. The third-order valence-corrected chi connectivity index (χ3v) is 6.47. The summed E-state index contributed by atoms with van der Waals surface area (Å²) in [6, 6.07) is 17.5. The summed E-state index contributed by atoms with van der Waals surface area (Å²) in [5.41, 5.74) is 5.02. The fourth-order valence-corrected chi connectivity index (χ4v) is 4.67. The molecule has 0 fully saturated rings. The van der Waals surface area contributed by atoms with Gasteiger partial charge in [-0.15, -0.1) is 0 Å². The van der Waals surface area contributed by atoms with E-state index in [1.165, 1.54) is 0 Å². The van der Waals surface area contributed by atoms with E-state index in [4.69, 9.17) is 14.6 Å². The number of hydrogen-bond donors (Lipinski definition) is 1. The van der Waals surface area contributed by atoms with Crippen LogP contribution in [0.15, 0.2) is 87.8 Å². The zero-order valence-corrected chi connectivity index (χ0v) is 22.3. The van der Waals surface area contributed by atoms with Crippen molar-refractivity contribution in [2.24, 2.45) is 0 Å². The van der Waals surface area contributed by atoms with Crippen LogP contribution in [0.1, 0.15) is 39.2 Å². The van der Waals surface area contributed by atoms with Gasteiger partial charge in [0.2, 0.25) is 0 Å². The van der Waals surface area contributed by atoms with Crippen LogP contribution in [0.25, 0.3) is 16.9 Å². The zero-order chi connectivity index (χ0) is 25.8. The van der Waals surface area contributed by atoms with E-state index in [-0.39, 0.29) is 13.2 Å². The Hall–Kier alpha value is -3.65. The van der Waals surface area contributed by atoms with Crippen molar-refractivity contribution in [2.45, 2.75) is 33.6 Å². The maximum atomic E-state index is 13.3. The number of dihydropyridines is 1. The molecule has 0 atom stereocenters. The summed E-state index contributed by atoms with van der Waals surface area (Å²) in [7, 11) is 0. The lowest BCUT2D eigenvalue weighted by molar-refractivity contribution is -0.139. The maximum Gasteiger partial charge on any atom is 0.336 e. The fourth-order valence-electron chi connectivity index (χ4n) is 4.41. The van der Waals surface area contributed by atoms with Gasteiger partial charge in [0, 0.05) is 33.2 Å². The number of halogens is 1. The number of hydrogen-bond acceptors (Lipinski definition) is 6. The molecule has 2 heterocycles. The standard InChI is InChI=1S/C28H28BrN3O4/c1-5-35-27(33)23-17(3)30-18(4)24(28(34)36-6-2)25(23)22-16-32(21-10-8-7-9-11-21)31-26(22)19-12-14-20(29)15-13-19/h7-16,25,30H,5-6H2,1-4H3. The van der Waals surface area contributed by atoms with E-state index in [1.54, 1.807) is 18.5 Å². The molecule has 186 valence electrons. The minimum Gasteiger partial charge on any atom is -0.463 e. The summed E-state index contributed by atoms with van der Waals surface area (Å²) >= 11 is 3.49. The highest BCUT2D eigenvalue weighted by molar-refractivity contribution is 9.10. The van der Waals surface area contributed by atoms with Gasteiger partial charge in [-0.05, 0) is 52.0 Å². The Balaban J connectivity index is 2.00. The minimum absolute atomic E-state index is 0.211. The first-order valence-corrected chi connectivity index (χ1v) is 12.6. The van der Waals surface area contributed by atoms with Gasteiger partial charge in [0.05, 0.1) is 41.7 Å². The Morgan fingerprint density at radius 1 is 0.917 bits per heavy atom. The van der Waals surface area contributed by atoms with Crippen LogP contribution >= 0.6 is 15.9 Å². The Morgan fingerprint density at radius 2 is 1.47 bits per heavy atom.